The summed E-state index contributed by atoms with van der Waals surface area (Å²) in [6, 6.07) is 17.1. The van der Waals surface area contributed by atoms with Gasteiger partial charge >= 0.3 is 0 Å². The van der Waals surface area contributed by atoms with Crippen LogP contribution in [0.5, 0.6) is 0 Å². The number of benzene rings is 2. The van der Waals surface area contributed by atoms with E-state index in [0.717, 1.165) is 24.4 Å². The van der Waals surface area contributed by atoms with Gasteiger partial charge in [0.2, 0.25) is 0 Å². The molecule has 2 aromatic rings. The smallest absolute Gasteiger partial charge is 0.0438 e. The van der Waals surface area contributed by atoms with Crippen molar-refractivity contribution in [2.75, 3.05) is 6.54 Å². The van der Waals surface area contributed by atoms with Crippen molar-refractivity contribution in [3.05, 3.63) is 70.2 Å². The molecular weight excluding hydrogens is 266 g/mol. The standard InChI is InChI=1S/C18H22ClN/c1-3-12-20-18(13-15-8-5-4-6-9-15)16-10-7-11-17(19)14(16)2/h4-11,18,20H,3,12-13H2,1-2H3. The molecular formula is C18H22ClN. The van der Waals surface area contributed by atoms with E-state index in [0.29, 0.717) is 6.04 Å². The van der Waals surface area contributed by atoms with Crippen LogP contribution in [0.15, 0.2) is 48.5 Å². The number of hydrogen-bond donors (Lipinski definition) is 1. The molecule has 0 bridgehead atoms. The third kappa shape index (κ3) is 3.84. The maximum atomic E-state index is 6.27. The van der Waals surface area contributed by atoms with Crippen molar-refractivity contribution in [3.63, 3.8) is 0 Å². The summed E-state index contributed by atoms with van der Waals surface area (Å²) in [6.07, 6.45) is 2.12. The van der Waals surface area contributed by atoms with Crippen LogP contribution in [0, 0.1) is 6.92 Å². The molecule has 0 amide bonds. The van der Waals surface area contributed by atoms with E-state index in [4.69, 9.17) is 11.6 Å². The van der Waals surface area contributed by atoms with E-state index in [1.54, 1.807) is 0 Å². The molecule has 20 heavy (non-hydrogen) atoms. The Hall–Kier alpha value is -1.31. The van der Waals surface area contributed by atoms with Crippen molar-refractivity contribution in [3.8, 4) is 0 Å². The summed E-state index contributed by atoms with van der Waals surface area (Å²) in [6.45, 7) is 5.31. The zero-order valence-electron chi connectivity index (χ0n) is 12.2. The number of nitrogens with one attached hydrogen (secondary N) is 1. The average Bonchev–Trinajstić information content (AvgIpc) is 2.48. The van der Waals surface area contributed by atoms with E-state index in [1.807, 2.05) is 12.1 Å². The van der Waals surface area contributed by atoms with Crippen LogP contribution in [0.1, 0.15) is 36.1 Å². The first kappa shape index (κ1) is 15.1. The number of halogens is 1. The zero-order chi connectivity index (χ0) is 14.4. The quantitative estimate of drug-likeness (QED) is 0.794. The topological polar surface area (TPSA) is 12.0 Å². The molecule has 2 aromatic carbocycles. The van der Waals surface area contributed by atoms with E-state index in [1.165, 1.54) is 16.7 Å². The summed E-state index contributed by atoms with van der Waals surface area (Å²) in [5.41, 5.74) is 3.83. The summed E-state index contributed by atoms with van der Waals surface area (Å²) >= 11 is 6.27. The molecule has 0 aromatic heterocycles. The minimum atomic E-state index is 0.316. The molecule has 2 rings (SSSR count). The van der Waals surface area contributed by atoms with Gasteiger partial charge in [-0.15, -0.1) is 0 Å². The van der Waals surface area contributed by atoms with Crippen LogP contribution in [0.3, 0.4) is 0 Å². The van der Waals surface area contributed by atoms with Gasteiger partial charge in [-0.25, -0.2) is 0 Å². The Balaban J connectivity index is 2.25. The van der Waals surface area contributed by atoms with E-state index >= 15 is 0 Å². The Morgan fingerprint density at radius 3 is 2.50 bits per heavy atom. The van der Waals surface area contributed by atoms with Crippen molar-refractivity contribution < 1.29 is 0 Å². The third-order valence-corrected chi connectivity index (χ3v) is 4.02. The minimum absolute atomic E-state index is 0.316. The molecule has 0 saturated carbocycles. The summed E-state index contributed by atoms with van der Waals surface area (Å²) in [5, 5.41) is 4.49. The van der Waals surface area contributed by atoms with Crippen LogP contribution < -0.4 is 5.32 Å². The van der Waals surface area contributed by atoms with E-state index in [-0.39, 0.29) is 0 Å². The van der Waals surface area contributed by atoms with Crippen LogP contribution in [0.25, 0.3) is 0 Å². The molecule has 0 aliphatic heterocycles. The summed E-state index contributed by atoms with van der Waals surface area (Å²) in [5.74, 6) is 0. The van der Waals surface area contributed by atoms with Gasteiger partial charge in [0, 0.05) is 11.1 Å². The highest BCUT2D eigenvalue weighted by Crippen LogP contribution is 2.26. The lowest BCUT2D eigenvalue weighted by atomic mass is 9.95. The first-order chi connectivity index (χ1) is 9.72. The highest BCUT2D eigenvalue weighted by Gasteiger charge is 2.14. The molecule has 0 aliphatic carbocycles. The fourth-order valence-corrected chi connectivity index (χ4v) is 2.64. The second-order valence-corrected chi connectivity index (χ2v) is 5.56. The van der Waals surface area contributed by atoms with Crippen molar-refractivity contribution in [2.24, 2.45) is 0 Å². The van der Waals surface area contributed by atoms with Gasteiger partial charge in [0.1, 0.15) is 0 Å². The molecule has 0 radical (unpaired) electrons. The Labute approximate surface area is 127 Å². The molecule has 1 atom stereocenters. The molecule has 106 valence electrons. The fraction of sp³-hybridized carbons (Fsp3) is 0.333. The van der Waals surface area contributed by atoms with Gasteiger partial charge in [-0.3, -0.25) is 0 Å². The lowest BCUT2D eigenvalue weighted by molar-refractivity contribution is 0.527. The van der Waals surface area contributed by atoms with Crippen molar-refractivity contribution in [1.29, 1.82) is 0 Å². The third-order valence-electron chi connectivity index (χ3n) is 3.61. The second-order valence-electron chi connectivity index (χ2n) is 5.15. The zero-order valence-corrected chi connectivity index (χ0v) is 13.0. The van der Waals surface area contributed by atoms with Crippen molar-refractivity contribution in [1.82, 2.24) is 5.32 Å². The predicted molar refractivity (Wildman–Crippen MR) is 87.4 cm³/mol. The summed E-state index contributed by atoms with van der Waals surface area (Å²) < 4.78 is 0. The van der Waals surface area contributed by atoms with Crippen molar-refractivity contribution in [2.45, 2.75) is 32.7 Å². The minimum Gasteiger partial charge on any atom is -0.310 e. The van der Waals surface area contributed by atoms with Gasteiger partial charge in [-0.1, -0.05) is 61.0 Å². The van der Waals surface area contributed by atoms with Gasteiger partial charge in [0.15, 0.2) is 0 Å². The molecule has 0 saturated heterocycles. The molecule has 1 N–H and O–H groups in total. The van der Waals surface area contributed by atoms with Gasteiger partial charge in [0.25, 0.3) is 0 Å². The Morgan fingerprint density at radius 2 is 1.80 bits per heavy atom. The van der Waals surface area contributed by atoms with Crippen molar-refractivity contribution >= 4 is 11.6 Å². The van der Waals surface area contributed by atoms with Gasteiger partial charge in [-0.2, -0.15) is 0 Å². The van der Waals surface area contributed by atoms with Gasteiger partial charge in [-0.05, 0) is 49.1 Å². The fourth-order valence-electron chi connectivity index (χ4n) is 2.46. The maximum Gasteiger partial charge on any atom is 0.0438 e. The monoisotopic (exact) mass is 287 g/mol. The summed E-state index contributed by atoms with van der Waals surface area (Å²) in [4.78, 5) is 0. The second kappa shape index (κ2) is 7.47. The van der Waals surface area contributed by atoms with Crippen LogP contribution >= 0.6 is 11.6 Å². The Morgan fingerprint density at radius 1 is 1.05 bits per heavy atom. The SMILES string of the molecule is CCCNC(Cc1ccccc1)c1cccc(Cl)c1C. The van der Waals surface area contributed by atoms with Crippen LogP contribution in [0.2, 0.25) is 5.02 Å². The van der Waals surface area contributed by atoms with E-state index in [2.05, 4.69) is 55.6 Å². The van der Waals surface area contributed by atoms with Crippen LogP contribution in [-0.4, -0.2) is 6.54 Å². The first-order valence-corrected chi connectivity index (χ1v) is 7.62. The molecule has 1 unspecified atom stereocenters. The molecule has 0 fully saturated rings. The van der Waals surface area contributed by atoms with Crippen LogP contribution in [0.4, 0.5) is 0 Å². The first-order valence-electron chi connectivity index (χ1n) is 7.24. The summed E-state index contributed by atoms with van der Waals surface area (Å²) in [7, 11) is 0. The van der Waals surface area contributed by atoms with Gasteiger partial charge < -0.3 is 5.32 Å². The maximum absolute atomic E-state index is 6.27. The highest BCUT2D eigenvalue weighted by molar-refractivity contribution is 6.31. The highest BCUT2D eigenvalue weighted by atomic mass is 35.5. The average molecular weight is 288 g/mol. The van der Waals surface area contributed by atoms with E-state index < -0.39 is 0 Å². The normalized spacial score (nSPS) is 12.3. The molecule has 0 heterocycles. The van der Waals surface area contributed by atoms with Gasteiger partial charge in [0.05, 0.1) is 0 Å². The molecule has 2 heteroatoms. The molecule has 0 aliphatic rings. The lowest BCUT2D eigenvalue weighted by Gasteiger charge is -2.21. The predicted octanol–water partition coefficient (Wildman–Crippen LogP) is 4.93. The molecule has 1 nitrogen and oxygen atoms in total. The number of rotatable bonds is 6. The van der Waals surface area contributed by atoms with Crippen LogP contribution in [-0.2, 0) is 6.42 Å². The lowest BCUT2D eigenvalue weighted by Crippen LogP contribution is -2.24. The number of hydrogen-bond acceptors (Lipinski definition) is 1. The van der Waals surface area contributed by atoms with E-state index in [9.17, 15) is 0 Å². The Kier molecular flexibility index (Phi) is 5.63. The molecule has 0 spiro atoms. The Bertz CT molecular complexity index is 536. The largest absolute Gasteiger partial charge is 0.310 e.